The number of hydrogen-bond donors (Lipinski definition) is 0. The minimum Gasteiger partial charge on any atom is -0.496 e. The maximum Gasteiger partial charge on any atom is 0.243 e. The maximum atomic E-state index is 13.3. The summed E-state index contributed by atoms with van der Waals surface area (Å²) in [4.78, 5) is 14.0. The van der Waals surface area contributed by atoms with Crippen molar-refractivity contribution < 1.29 is 13.2 Å². The van der Waals surface area contributed by atoms with E-state index in [1.54, 1.807) is 23.5 Å². The van der Waals surface area contributed by atoms with Gasteiger partial charge < -0.3 is 14.5 Å². The van der Waals surface area contributed by atoms with Gasteiger partial charge in [0.25, 0.3) is 0 Å². The standard InChI is InChI=1S/C22H31N5O3S/c1-16-14-20(17(2)13-19(16)30-4)31(28,29)27-11-9-26(10-12-27)22-15-21(23-18(3)24-22)25-7-5-6-8-25/h13-15H,5-12H2,1-4H3. The molecule has 2 aliphatic heterocycles. The van der Waals surface area contributed by atoms with Crippen LogP contribution in [0.4, 0.5) is 11.6 Å². The molecule has 1 aromatic heterocycles. The second-order valence-electron chi connectivity index (χ2n) is 8.30. The van der Waals surface area contributed by atoms with Gasteiger partial charge in [-0.25, -0.2) is 18.4 Å². The number of aryl methyl sites for hydroxylation is 3. The van der Waals surface area contributed by atoms with Crippen LogP contribution in [0.5, 0.6) is 5.75 Å². The van der Waals surface area contributed by atoms with Crippen molar-refractivity contribution in [2.45, 2.75) is 38.5 Å². The van der Waals surface area contributed by atoms with E-state index in [0.717, 1.165) is 36.1 Å². The van der Waals surface area contributed by atoms with Crippen LogP contribution in [0.1, 0.15) is 29.8 Å². The van der Waals surface area contributed by atoms with Gasteiger partial charge in [0.15, 0.2) is 0 Å². The molecule has 0 aliphatic carbocycles. The molecule has 0 radical (unpaired) electrons. The molecule has 2 fully saturated rings. The van der Waals surface area contributed by atoms with E-state index >= 15 is 0 Å². The summed E-state index contributed by atoms with van der Waals surface area (Å²) in [7, 11) is -1.97. The first-order chi connectivity index (χ1) is 14.8. The number of ether oxygens (including phenoxy) is 1. The van der Waals surface area contributed by atoms with Gasteiger partial charge in [0.05, 0.1) is 12.0 Å². The Morgan fingerprint density at radius 2 is 1.39 bits per heavy atom. The van der Waals surface area contributed by atoms with E-state index in [0.29, 0.717) is 42.4 Å². The Morgan fingerprint density at radius 1 is 0.806 bits per heavy atom. The van der Waals surface area contributed by atoms with Crippen LogP contribution >= 0.6 is 0 Å². The third-order valence-corrected chi connectivity index (χ3v) is 8.15. The topological polar surface area (TPSA) is 78.9 Å². The van der Waals surface area contributed by atoms with Gasteiger partial charge in [0.1, 0.15) is 23.2 Å². The molecule has 0 spiro atoms. The molecule has 0 unspecified atom stereocenters. The zero-order valence-corrected chi connectivity index (χ0v) is 19.6. The number of hydrogen-bond acceptors (Lipinski definition) is 7. The molecule has 2 aliphatic rings. The normalized spacial score (nSPS) is 17.9. The van der Waals surface area contributed by atoms with Gasteiger partial charge in [0, 0.05) is 45.3 Å². The maximum absolute atomic E-state index is 13.3. The van der Waals surface area contributed by atoms with Crippen molar-refractivity contribution in [3.63, 3.8) is 0 Å². The Bertz CT molecular complexity index is 1060. The van der Waals surface area contributed by atoms with Crippen molar-refractivity contribution in [2.75, 3.05) is 56.2 Å². The molecule has 168 valence electrons. The number of rotatable bonds is 5. The predicted molar refractivity (Wildman–Crippen MR) is 122 cm³/mol. The van der Waals surface area contributed by atoms with Crippen LogP contribution in [0.15, 0.2) is 23.1 Å². The zero-order valence-electron chi connectivity index (χ0n) is 18.8. The van der Waals surface area contributed by atoms with Crippen LogP contribution in [0.25, 0.3) is 0 Å². The van der Waals surface area contributed by atoms with Gasteiger partial charge in [-0.15, -0.1) is 0 Å². The van der Waals surface area contributed by atoms with Crippen molar-refractivity contribution in [2.24, 2.45) is 0 Å². The highest BCUT2D eigenvalue weighted by atomic mass is 32.2. The lowest BCUT2D eigenvalue weighted by atomic mass is 10.1. The van der Waals surface area contributed by atoms with E-state index in [9.17, 15) is 8.42 Å². The van der Waals surface area contributed by atoms with Crippen LogP contribution in [-0.2, 0) is 10.0 Å². The monoisotopic (exact) mass is 445 g/mol. The summed E-state index contributed by atoms with van der Waals surface area (Å²) >= 11 is 0. The second kappa shape index (κ2) is 8.63. The van der Waals surface area contributed by atoms with Gasteiger partial charge >= 0.3 is 0 Å². The third-order valence-electron chi connectivity index (χ3n) is 6.11. The van der Waals surface area contributed by atoms with Gasteiger partial charge in [-0.1, -0.05) is 0 Å². The highest BCUT2D eigenvalue weighted by Crippen LogP contribution is 2.29. The molecule has 2 aromatic rings. The lowest BCUT2D eigenvalue weighted by Gasteiger charge is -2.35. The van der Waals surface area contributed by atoms with Crippen molar-refractivity contribution in [1.82, 2.24) is 14.3 Å². The second-order valence-corrected chi connectivity index (χ2v) is 10.2. The fraction of sp³-hybridized carbons (Fsp3) is 0.545. The first-order valence-electron chi connectivity index (χ1n) is 10.8. The van der Waals surface area contributed by atoms with E-state index in [2.05, 4.69) is 19.8 Å². The van der Waals surface area contributed by atoms with Crippen LogP contribution in [0, 0.1) is 20.8 Å². The van der Waals surface area contributed by atoms with Crippen molar-refractivity contribution in [3.8, 4) is 5.75 Å². The quantitative estimate of drug-likeness (QED) is 0.700. The fourth-order valence-electron chi connectivity index (χ4n) is 4.36. The van der Waals surface area contributed by atoms with E-state index < -0.39 is 10.0 Å². The largest absolute Gasteiger partial charge is 0.496 e. The molecule has 0 N–H and O–H groups in total. The summed E-state index contributed by atoms with van der Waals surface area (Å²) in [5, 5.41) is 0. The average Bonchev–Trinajstić information content (AvgIpc) is 3.29. The van der Waals surface area contributed by atoms with Gasteiger partial charge in [-0.05, 0) is 56.9 Å². The number of methoxy groups -OCH3 is 1. The summed E-state index contributed by atoms with van der Waals surface area (Å²) in [6, 6.07) is 5.55. The zero-order chi connectivity index (χ0) is 22.2. The SMILES string of the molecule is COc1cc(C)c(S(=O)(=O)N2CCN(c3cc(N4CCCC4)nc(C)n3)CC2)cc1C. The Hall–Kier alpha value is -2.39. The molecule has 8 nitrogen and oxygen atoms in total. The summed E-state index contributed by atoms with van der Waals surface area (Å²) in [6.45, 7) is 9.71. The van der Waals surface area contributed by atoms with Crippen LogP contribution in [-0.4, -0.2) is 69.1 Å². The number of aromatic nitrogens is 2. The van der Waals surface area contributed by atoms with Crippen LogP contribution < -0.4 is 14.5 Å². The number of anilines is 2. The minimum absolute atomic E-state index is 0.355. The lowest BCUT2D eigenvalue weighted by molar-refractivity contribution is 0.383. The molecule has 0 atom stereocenters. The molecule has 1 aromatic carbocycles. The fourth-order valence-corrected chi connectivity index (χ4v) is 6.08. The summed E-state index contributed by atoms with van der Waals surface area (Å²) < 4.78 is 33.5. The number of sulfonamides is 1. The summed E-state index contributed by atoms with van der Waals surface area (Å²) in [5.41, 5.74) is 1.52. The molecule has 2 saturated heterocycles. The molecular weight excluding hydrogens is 414 g/mol. The molecule has 31 heavy (non-hydrogen) atoms. The van der Waals surface area contributed by atoms with E-state index in [4.69, 9.17) is 4.74 Å². The number of piperazine rings is 1. The molecule has 0 bridgehead atoms. The first kappa shape index (κ1) is 21.8. The van der Waals surface area contributed by atoms with Crippen molar-refractivity contribution in [1.29, 1.82) is 0 Å². The number of nitrogens with zero attached hydrogens (tertiary/aromatic N) is 5. The van der Waals surface area contributed by atoms with Crippen LogP contribution in [0.3, 0.4) is 0 Å². The smallest absolute Gasteiger partial charge is 0.243 e. The Kier molecular flexibility index (Phi) is 6.07. The highest BCUT2D eigenvalue weighted by molar-refractivity contribution is 7.89. The summed E-state index contributed by atoms with van der Waals surface area (Å²) in [6.07, 6.45) is 2.39. The Morgan fingerprint density at radius 3 is 1.97 bits per heavy atom. The Labute approximate surface area is 184 Å². The molecule has 4 rings (SSSR count). The molecule has 9 heteroatoms. The minimum atomic E-state index is -3.57. The van der Waals surface area contributed by atoms with E-state index in [-0.39, 0.29) is 0 Å². The van der Waals surface area contributed by atoms with Gasteiger partial charge in [0.2, 0.25) is 10.0 Å². The van der Waals surface area contributed by atoms with Gasteiger partial charge in [-0.3, -0.25) is 0 Å². The van der Waals surface area contributed by atoms with E-state index in [1.807, 2.05) is 26.8 Å². The number of benzene rings is 1. The van der Waals surface area contributed by atoms with Crippen molar-refractivity contribution >= 4 is 21.7 Å². The van der Waals surface area contributed by atoms with Crippen LogP contribution in [0.2, 0.25) is 0 Å². The van der Waals surface area contributed by atoms with Gasteiger partial charge in [-0.2, -0.15) is 4.31 Å². The first-order valence-corrected chi connectivity index (χ1v) is 12.2. The average molecular weight is 446 g/mol. The third kappa shape index (κ3) is 4.34. The molecule has 3 heterocycles. The Balaban J connectivity index is 1.50. The highest BCUT2D eigenvalue weighted by Gasteiger charge is 2.31. The summed E-state index contributed by atoms with van der Waals surface area (Å²) in [5.74, 6) is 3.30. The molecular formula is C22H31N5O3S. The predicted octanol–water partition coefficient (Wildman–Crippen LogP) is 2.52. The van der Waals surface area contributed by atoms with Crippen molar-refractivity contribution in [3.05, 3.63) is 35.2 Å². The molecule has 0 amide bonds. The molecule has 0 saturated carbocycles. The lowest BCUT2D eigenvalue weighted by Crippen LogP contribution is -2.49. The van der Waals surface area contributed by atoms with E-state index in [1.165, 1.54) is 12.8 Å².